The normalized spacial score (nSPS) is 18.3. The van der Waals surface area contributed by atoms with E-state index in [2.05, 4.69) is 22.5 Å². The van der Waals surface area contributed by atoms with Gasteiger partial charge < -0.3 is 10.6 Å². The number of amides is 2. The highest BCUT2D eigenvalue weighted by Crippen LogP contribution is 2.21. The predicted octanol–water partition coefficient (Wildman–Crippen LogP) is 5.23. The first-order chi connectivity index (χ1) is 15.6. The summed E-state index contributed by atoms with van der Waals surface area (Å²) in [6.07, 6.45) is 8.15. The number of carbonyl (C=O) groups is 2. The summed E-state index contributed by atoms with van der Waals surface area (Å²) in [6, 6.07) is 15.3. The fourth-order valence-electron chi connectivity index (χ4n) is 4.73. The molecule has 0 unspecified atom stereocenters. The molecule has 170 valence electrons. The number of nitrogens with one attached hydrogen (secondary N) is 2. The number of nitrogens with zero attached hydrogens (tertiary/aromatic N) is 1. The summed E-state index contributed by atoms with van der Waals surface area (Å²) in [5, 5.41) is 6.08. The lowest BCUT2D eigenvalue weighted by molar-refractivity contribution is 0.0928. The van der Waals surface area contributed by atoms with Crippen molar-refractivity contribution in [3.8, 4) is 0 Å². The Morgan fingerprint density at radius 2 is 1.56 bits per heavy atom. The van der Waals surface area contributed by atoms with E-state index in [1.54, 1.807) is 12.1 Å². The Hall–Kier alpha value is -2.66. The lowest BCUT2D eigenvalue weighted by Gasteiger charge is -2.30. The third kappa shape index (κ3) is 5.98. The van der Waals surface area contributed by atoms with Crippen LogP contribution in [-0.4, -0.2) is 35.8 Å². The van der Waals surface area contributed by atoms with Crippen LogP contribution in [0.4, 0.5) is 5.69 Å². The molecule has 32 heavy (non-hydrogen) atoms. The third-order valence-electron chi connectivity index (χ3n) is 6.86. The first-order valence-electron chi connectivity index (χ1n) is 12.1. The number of benzene rings is 2. The lowest BCUT2D eigenvalue weighted by Crippen LogP contribution is -2.36. The van der Waals surface area contributed by atoms with Gasteiger partial charge in [0.1, 0.15) is 0 Å². The van der Waals surface area contributed by atoms with Crippen LogP contribution >= 0.6 is 0 Å². The van der Waals surface area contributed by atoms with Crippen molar-refractivity contribution >= 4 is 17.5 Å². The van der Waals surface area contributed by atoms with Gasteiger partial charge in [-0.25, -0.2) is 0 Å². The topological polar surface area (TPSA) is 61.4 Å². The number of hydrogen-bond donors (Lipinski definition) is 2. The van der Waals surface area contributed by atoms with Crippen LogP contribution in [-0.2, 0) is 6.54 Å². The van der Waals surface area contributed by atoms with Gasteiger partial charge in [0.15, 0.2) is 0 Å². The van der Waals surface area contributed by atoms with Crippen LogP contribution in [0.1, 0.15) is 78.1 Å². The molecule has 0 aromatic heterocycles. The van der Waals surface area contributed by atoms with Gasteiger partial charge in [0.05, 0.1) is 11.3 Å². The Balaban J connectivity index is 1.36. The molecule has 5 heteroatoms. The molecule has 0 radical (unpaired) electrons. The highest BCUT2D eigenvalue weighted by molar-refractivity contribution is 6.09. The molecule has 0 spiro atoms. The Morgan fingerprint density at radius 1 is 0.875 bits per heavy atom. The van der Waals surface area contributed by atoms with Gasteiger partial charge >= 0.3 is 0 Å². The van der Waals surface area contributed by atoms with E-state index < -0.39 is 0 Å². The third-order valence-corrected chi connectivity index (χ3v) is 6.86. The smallest absolute Gasteiger partial charge is 0.255 e. The van der Waals surface area contributed by atoms with Crippen molar-refractivity contribution in [2.24, 2.45) is 5.92 Å². The number of likely N-dealkylation sites (tertiary alicyclic amines) is 1. The second-order valence-corrected chi connectivity index (χ2v) is 9.46. The zero-order valence-electron chi connectivity index (χ0n) is 19.1. The molecule has 5 nitrogen and oxygen atoms in total. The molecule has 2 aliphatic rings. The fraction of sp³-hybridized carbons (Fsp3) is 0.481. The minimum atomic E-state index is -0.193. The van der Waals surface area contributed by atoms with Crippen molar-refractivity contribution in [2.75, 3.05) is 18.4 Å². The summed E-state index contributed by atoms with van der Waals surface area (Å²) in [5.41, 5.74) is 2.89. The van der Waals surface area contributed by atoms with Crippen LogP contribution < -0.4 is 10.6 Å². The maximum Gasteiger partial charge on any atom is 0.255 e. The average Bonchev–Trinajstić information content (AvgIpc) is 2.82. The van der Waals surface area contributed by atoms with Gasteiger partial charge in [0, 0.05) is 18.2 Å². The van der Waals surface area contributed by atoms with E-state index >= 15 is 0 Å². The largest absolute Gasteiger partial charge is 0.349 e. The van der Waals surface area contributed by atoms with Crippen LogP contribution in [0.3, 0.4) is 0 Å². The van der Waals surface area contributed by atoms with Crippen LogP contribution in [0, 0.1) is 5.92 Å². The minimum Gasteiger partial charge on any atom is -0.349 e. The molecule has 1 aliphatic heterocycles. The van der Waals surface area contributed by atoms with Crippen molar-refractivity contribution in [1.82, 2.24) is 10.2 Å². The van der Waals surface area contributed by atoms with E-state index in [1.165, 1.54) is 24.8 Å². The Morgan fingerprint density at radius 3 is 2.28 bits per heavy atom. The summed E-state index contributed by atoms with van der Waals surface area (Å²) in [4.78, 5) is 28.2. The summed E-state index contributed by atoms with van der Waals surface area (Å²) in [7, 11) is 0. The van der Waals surface area contributed by atoms with Gasteiger partial charge in [0.2, 0.25) is 0 Å². The Kier molecular flexibility index (Phi) is 7.59. The van der Waals surface area contributed by atoms with E-state index in [-0.39, 0.29) is 17.9 Å². The van der Waals surface area contributed by atoms with Gasteiger partial charge in [-0.15, -0.1) is 0 Å². The number of rotatable bonds is 6. The molecule has 2 aromatic carbocycles. The SMILES string of the molecule is CC1CCN(Cc2ccc(C(=O)Nc3ccccc3C(=O)NC3CCCCC3)cc2)CC1. The number of para-hydroxylation sites is 1. The van der Waals surface area contributed by atoms with Crippen molar-refractivity contribution < 1.29 is 9.59 Å². The number of anilines is 1. The van der Waals surface area contributed by atoms with E-state index in [0.717, 1.165) is 51.2 Å². The Bertz CT molecular complexity index is 911. The highest BCUT2D eigenvalue weighted by atomic mass is 16.2. The Labute approximate surface area is 191 Å². The predicted molar refractivity (Wildman–Crippen MR) is 129 cm³/mol. The maximum atomic E-state index is 12.9. The summed E-state index contributed by atoms with van der Waals surface area (Å²) < 4.78 is 0. The molecule has 1 heterocycles. The molecule has 0 atom stereocenters. The van der Waals surface area contributed by atoms with Crippen molar-refractivity contribution in [3.63, 3.8) is 0 Å². The maximum absolute atomic E-state index is 12.9. The van der Waals surface area contributed by atoms with Crippen LogP contribution in [0.5, 0.6) is 0 Å². The molecule has 2 amide bonds. The quantitative estimate of drug-likeness (QED) is 0.655. The molecule has 1 saturated heterocycles. The van der Waals surface area contributed by atoms with E-state index in [9.17, 15) is 9.59 Å². The van der Waals surface area contributed by atoms with Crippen LogP contribution in [0.15, 0.2) is 48.5 Å². The summed E-state index contributed by atoms with van der Waals surface area (Å²) in [6.45, 7) is 5.54. The molecule has 2 N–H and O–H groups in total. The lowest BCUT2D eigenvalue weighted by atomic mass is 9.95. The van der Waals surface area contributed by atoms with Gasteiger partial charge in [-0.1, -0.05) is 50.5 Å². The molecule has 2 aromatic rings. The zero-order chi connectivity index (χ0) is 22.3. The van der Waals surface area contributed by atoms with E-state index in [0.29, 0.717) is 16.8 Å². The highest BCUT2D eigenvalue weighted by Gasteiger charge is 2.20. The number of hydrogen-bond acceptors (Lipinski definition) is 3. The fourth-order valence-corrected chi connectivity index (χ4v) is 4.73. The minimum absolute atomic E-state index is 0.112. The average molecular weight is 434 g/mol. The molecule has 1 saturated carbocycles. The number of carbonyl (C=O) groups excluding carboxylic acids is 2. The van der Waals surface area contributed by atoms with Crippen LogP contribution in [0.2, 0.25) is 0 Å². The van der Waals surface area contributed by atoms with Crippen molar-refractivity contribution in [1.29, 1.82) is 0 Å². The molecular formula is C27H35N3O2. The summed E-state index contributed by atoms with van der Waals surface area (Å²) in [5.74, 6) is 0.519. The molecule has 2 fully saturated rings. The number of piperidine rings is 1. The van der Waals surface area contributed by atoms with Gasteiger partial charge in [-0.3, -0.25) is 14.5 Å². The second-order valence-electron chi connectivity index (χ2n) is 9.46. The van der Waals surface area contributed by atoms with E-state index in [1.807, 2.05) is 36.4 Å². The standard InChI is InChI=1S/C27H35N3O2/c1-20-15-17-30(18-16-20)19-21-11-13-22(14-12-21)26(31)29-25-10-6-5-9-24(25)27(32)28-23-7-3-2-4-8-23/h5-6,9-14,20,23H,2-4,7-8,15-19H2,1H3,(H,28,32)(H,29,31). The molecular weight excluding hydrogens is 398 g/mol. The van der Waals surface area contributed by atoms with Crippen molar-refractivity contribution in [2.45, 2.75) is 64.5 Å². The zero-order valence-corrected chi connectivity index (χ0v) is 19.1. The van der Waals surface area contributed by atoms with Crippen molar-refractivity contribution in [3.05, 3.63) is 65.2 Å². The van der Waals surface area contributed by atoms with Gasteiger partial charge in [0.25, 0.3) is 11.8 Å². The monoisotopic (exact) mass is 433 g/mol. The van der Waals surface area contributed by atoms with Gasteiger partial charge in [-0.05, 0) is 74.5 Å². The van der Waals surface area contributed by atoms with Crippen LogP contribution in [0.25, 0.3) is 0 Å². The first kappa shape index (κ1) is 22.5. The molecule has 0 bridgehead atoms. The van der Waals surface area contributed by atoms with Gasteiger partial charge in [-0.2, -0.15) is 0 Å². The molecule has 1 aliphatic carbocycles. The van der Waals surface area contributed by atoms with E-state index in [4.69, 9.17) is 0 Å². The second kappa shape index (κ2) is 10.8. The first-order valence-corrected chi connectivity index (χ1v) is 12.1. The molecule has 4 rings (SSSR count). The summed E-state index contributed by atoms with van der Waals surface area (Å²) >= 11 is 0.